The summed E-state index contributed by atoms with van der Waals surface area (Å²) in [5.41, 5.74) is 2.23. The monoisotopic (exact) mass is 463 g/mol. The van der Waals surface area contributed by atoms with E-state index in [1.807, 2.05) is 4.90 Å². The number of carbonyl (C=O) groups is 1. The Morgan fingerprint density at radius 2 is 2.09 bits per heavy atom. The van der Waals surface area contributed by atoms with Crippen molar-refractivity contribution in [2.45, 2.75) is 25.5 Å². The molecule has 0 bridgehead atoms. The minimum absolute atomic E-state index is 0.0108. The Morgan fingerprint density at radius 3 is 2.82 bits per heavy atom. The van der Waals surface area contributed by atoms with Gasteiger partial charge in [-0.05, 0) is 40.1 Å². The lowest BCUT2D eigenvalue weighted by atomic mass is 9.98. The molecule has 174 valence electrons. The van der Waals surface area contributed by atoms with Crippen LogP contribution in [-0.4, -0.2) is 84.7 Å². The molecule has 0 spiro atoms. The molecule has 11 nitrogen and oxygen atoms in total. The summed E-state index contributed by atoms with van der Waals surface area (Å²) in [6, 6.07) is 3.13. The number of tetrazole rings is 1. The number of amides is 1. The Kier molecular flexibility index (Phi) is 5.95. The molecule has 2 aliphatic heterocycles. The summed E-state index contributed by atoms with van der Waals surface area (Å²) in [6.07, 6.45) is 4.59. The number of rotatable bonds is 4. The van der Waals surface area contributed by atoms with E-state index in [2.05, 4.69) is 35.2 Å². The van der Waals surface area contributed by atoms with E-state index in [-0.39, 0.29) is 30.2 Å². The molecular formula is C22H22FN9O2. The first-order chi connectivity index (χ1) is 16.5. The van der Waals surface area contributed by atoms with Crippen LogP contribution in [0.25, 0.3) is 10.8 Å². The highest BCUT2D eigenvalue weighted by molar-refractivity contribution is 5.78. The second-order valence-electron chi connectivity index (χ2n) is 8.35. The van der Waals surface area contributed by atoms with Crippen molar-refractivity contribution in [3.8, 4) is 5.95 Å². The van der Waals surface area contributed by atoms with Crippen molar-refractivity contribution in [2.75, 3.05) is 32.8 Å². The van der Waals surface area contributed by atoms with Crippen LogP contribution in [0.5, 0.6) is 0 Å². The van der Waals surface area contributed by atoms with Crippen molar-refractivity contribution in [1.29, 1.82) is 0 Å². The van der Waals surface area contributed by atoms with Gasteiger partial charge in [-0.15, -0.1) is 5.10 Å². The van der Waals surface area contributed by atoms with Gasteiger partial charge in [0.1, 0.15) is 12.1 Å². The Balaban J connectivity index is 1.19. The van der Waals surface area contributed by atoms with Crippen LogP contribution >= 0.6 is 0 Å². The third-order valence-electron chi connectivity index (χ3n) is 6.33. The average Bonchev–Trinajstić information content (AvgIpc) is 3.39. The van der Waals surface area contributed by atoms with Gasteiger partial charge in [-0.3, -0.25) is 9.69 Å². The second kappa shape index (κ2) is 9.20. The standard InChI is InChI=1S/C22H22FN9O2/c1-14-17(3-4-18(23)21(14)24-2)19-11-30-5-6-31(10-16(30)12-34-19)20(33)7-15-8-25-22(26-9-15)32-13-27-28-29-32/h3-4,8-9,13,16,19H,5-7,10-12H2,1H3/t16-,19+/m1/s1. The Bertz CT molecular complexity index is 1230. The van der Waals surface area contributed by atoms with E-state index in [0.29, 0.717) is 43.3 Å². The number of piperazine rings is 1. The molecular weight excluding hydrogens is 441 g/mol. The van der Waals surface area contributed by atoms with Gasteiger partial charge in [0, 0.05) is 38.6 Å². The number of hydrogen-bond donors (Lipinski definition) is 0. The first-order valence-electron chi connectivity index (χ1n) is 10.9. The van der Waals surface area contributed by atoms with Crippen LogP contribution in [0.4, 0.5) is 10.1 Å². The molecule has 3 aromatic rings. The van der Waals surface area contributed by atoms with Gasteiger partial charge in [-0.1, -0.05) is 6.07 Å². The molecule has 12 heteroatoms. The molecule has 1 aromatic carbocycles. The van der Waals surface area contributed by atoms with Crippen LogP contribution < -0.4 is 0 Å². The molecule has 34 heavy (non-hydrogen) atoms. The molecule has 4 heterocycles. The lowest BCUT2D eigenvalue weighted by Crippen LogP contribution is -2.59. The Hall–Kier alpha value is -3.82. The molecule has 2 aromatic heterocycles. The maximum absolute atomic E-state index is 13.9. The van der Waals surface area contributed by atoms with Crippen molar-refractivity contribution in [3.63, 3.8) is 0 Å². The molecule has 5 rings (SSSR count). The molecule has 0 N–H and O–H groups in total. The van der Waals surface area contributed by atoms with Crippen molar-refractivity contribution in [1.82, 2.24) is 40.0 Å². The number of nitrogens with zero attached hydrogens (tertiary/aromatic N) is 9. The van der Waals surface area contributed by atoms with Gasteiger partial charge in [-0.2, -0.15) is 4.68 Å². The highest BCUT2D eigenvalue weighted by atomic mass is 19.1. The average molecular weight is 463 g/mol. The highest BCUT2D eigenvalue weighted by Gasteiger charge is 2.36. The van der Waals surface area contributed by atoms with Crippen LogP contribution in [0.15, 0.2) is 30.9 Å². The molecule has 1 amide bonds. The highest BCUT2D eigenvalue weighted by Crippen LogP contribution is 2.34. The molecule has 0 saturated carbocycles. The Labute approximate surface area is 195 Å². The summed E-state index contributed by atoms with van der Waals surface area (Å²) >= 11 is 0. The zero-order chi connectivity index (χ0) is 23.7. The third kappa shape index (κ3) is 4.23. The largest absolute Gasteiger partial charge is 0.371 e. The lowest BCUT2D eigenvalue weighted by Gasteiger charge is -2.46. The van der Waals surface area contributed by atoms with Gasteiger partial charge in [0.15, 0.2) is 0 Å². The van der Waals surface area contributed by atoms with Gasteiger partial charge in [0.25, 0.3) is 5.95 Å². The van der Waals surface area contributed by atoms with Crippen LogP contribution in [0.2, 0.25) is 0 Å². The predicted molar refractivity (Wildman–Crippen MR) is 116 cm³/mol. The van der Waals surface area contributed by atoms with Crippen molar-refractivity contribution in [2.24, 2.45) is 0 Å². The van der Waals surface area contributed by atoms with Crippen LogP contribution in [0.1, 0.15) is 22.8 Å². The molecule has 0 aliphatic carbocycles. The first kappa shape index (κ1) is 22.0. The van der Waals surface area contributed by atoms with E-state index in [0.717, 1.165) is 12.1 Å². The number of fused-ring (bicyclic) bond motifs is 1. The van der Waals surface area contributed by atoms with Crippen LogP contribution in [-0.2, 0) is 16.0 Å². The third-order valence-corrected chi connectivity index (χ3v) is 6.33. The minimum Gasteiger partial charge on any atom is -0.371 e. The number of morpholine rings is 1. The van der Waals surface area contributed by atoms with Gasteiger partial charge in [0.05, 0.1) is 31.7 Å². The van der Waals surface area contributed by atoms with Crippen molar-refractivity contribution in [3.05, 3.63) is 64.8 Å². The molecule has 0 radical (unpaired) electrons. The maximum atomic E-state index is 13.9. The van der Waals surface area contributed by atoms with E-state index >= 15 is 0 Å². The van der Waals surface area contributed by atoms with Gasteiger partial charge < -0.3 is 9.64 Å². The molecule has 2 saturated heterocycles. The first-order valence-corrected chi connectivity index (χ1v) is 10.9. The number of halogens is 1. The summed E-state index contributed by atoms with van der Waals surface area (Å²) in [4.78, 5) is 28.8. The molecule has 2 fully saturated rings. The quantitative estimate of drug-likeness (QED) is 0.533. The number of aromatic nitrogens is 6. The van der Waals surface area contributed by atoms with Crippen LogP contribution in [0, 0.1) is 19.3 Å². The maximum Gasteiger partial charge on any atom is 0.253 e. The number of ether oxygens (including phenoxy) is 1. The smallest absolute Gasteiger partial charge is 0.253 e. The zero-order valence-corrected chi connectivity index (χ0v) is 18.5. The molecule has 2 atom stereocenters. The normalized spacial score (nSPS) is 20.6. The summed E-state index contributed by atoms with van der Waals surface area (Å²) < 4.78 is 21.4. The van der Waals surface area contributed by atoms with E-state index in [4.69, 9.17) is 11.3 Å². The van der Waals surface area contributed by atoms with E-state index in [9.17, 15) is 9.18 Å². The van der Waals surface area contributed by atoms with Gasteiger partial charge in [0.2, 0.25) is 11.6 Å². The lowest BCUT2D eigenvalue weighted by molar-refractivity contribution is -0.139. The van der Waals surface area contributed by atoms with E-state index in [1.54, 1.807) is 25.4 Å². The number of benzene rings is 1. The fourth-order valence-corrected chi connectivity index (χ4v) is 4.46. The summed E-state index contributed by atoms with van der Waals surface area (Å²) in [6.45, 7) is 12.0. The van der Waals surface area contributed by atoms with Gasteiger partial charge in [-0.25, -0.2) is 19.2 Å². The number of carbonyl (C=O) groups excluding carboxylic acids is 1. The fraction of sp³-hybridized carbons (Fsp3) is 0.409. The summed E-state index contributed by atoms with van der Waals surface area (Å²) in [5, 5.41) is 10.8. The fourth-order valence-electron chi connectivity index (χ4n) is 4.46. The van der Waals surface area contributed by atoms with E-state index in [1.165, 1.54) is 17.1 Å². The predicted octanol–water partition coefficient (Wildman–Crippen LogP) is 1.28. The van der Waals surface area contributed by atoms with E-state index < -0.39 is 5.82 Å². The van der Waals surface area contributed by atoms with Crippen LogP contribution in [0.3, 0.4) is 0 Å². The minimum atomic E-state index is -0.507. The topological polar surface area (TPSA) is 107 Å². The Morgan fingerprint density at radius 1 is 1.26 bits per heavy atom. The molecule has 2 aliphatic rings. The number of hydrogen-bond acceptors (Lipinski definition) is 8. The van der Waals surface area contributed by atoms with Crippen molar-refractivity contribution < 1.29 is 13.9 Å². The molecule has 0 unspecified atom stereocenters. The van der Waals surface area contributed by atoms with Gasteiger partial charge >= 0.3 is 0 Å². The van der Waals surface area contributed by atoms with Crippen molar-refractivity contribution >= 4 is 11.6 Å². The second-order valence-corrected chi connectivity index (χ2v) is 8.35. The zero-order valence-electron chi connectivity index (χ0n) is 18.5. The SMILES string of the molecule is [C-]#[N+]c1c(F)ccc([C@@H]2CN3CCN(C(=O)Cc4cnc(-n5cnnn5)nc4)C[C@@H]3CO2)c1C. The summed E-state index contributed by atoms with van der Waals surface area (Å²) in [5.74, 6) is -0.159. The summed E-state index contributed by atoms with van der Waals surface area (Å²) in [7, 11) is 0.